The monoisotopic (exact) mass is 359 g/mol. The van der Waals surface area contributed by atoms with Crippen molar-refractivity contribution in [2.75, 3.05) is 33.7 Å². The third-order valence-electron chi connectivity index (χ3n) is 3.52. The fourth-order valence-corrected chi connectivity index (χ4v) is 2.14. The van der Waals surface area contributed by atoms with Gasteiger partial charge >= 0.3 is 6.18 Å². The fourth-order valence-electron chi connectivity index (χ4n) is 2.14. The first-order chi connectivity index (χ1) is 11.6. The van der Waals surface area contributed by atoms with Crippen molar-refractivity contribution in [2.45, 2.75) is 26.1 Å². The summed E-state index contributed by atoms with van der Waals surface area (Å²) in [5.41, 5.74) is -0.0283. The predicted octanol–water partition coefficient (Wildman–Crippen LogP) is 2.12. The summed E-state index contributed by atoms with van der Waals surface area (Å²) in [4.78, 5) is 26.7. The molecule has 0 aliphatic rings. The number of hydrogen-bond acceptors (Lipinski definition) is 3. The lowest BCUT2D eigenvalue weighted by Crippen LogP contribution is -2.42. The highest BCUT2D eigenvalue weighted by molar-refractivity contribution is 5.85. The van der Waals surface area contributed by atoms with Crippen LogP contribution in [0.3, 0.4) is 0 Å². The van der Waals surface area contributed by atoms with E-state index in [0.717, 1.165) is 18.6 Å². The van der Waals surface area contributed by atoms with Crippen LogP contribution in [-0.4, -0.2) is 55.3 Å². The van der Waals surface area contributed by atoms with Crippen LogP contribution in [-0.2, 0) is 22.3 Å². The molecular formula is C17H24F3N3O2. The first-order valence-corrected chi connectivity index (χ1v) is 7.98. The molecule has 1 rings (SSSR count). The number of hydrogen-bond donors (Lipinski definition) is 1. The summed E-state index contributed by atoms with van der Waals surface area (Å²) in [5, 5.41) is 2.69. The van der Waals surface area contributed by atoms with E-state index in [-0.39, 0.29) is 24.9 Å². The molecule has 0 radical (unpaired) electrons. The van der Waals surface area contributed by atoms with Gasteiger partial charge in [-0.05, 0) is 31.2 Å². The van der Waals surface area contributed by atoms with E-state index < -0.39 is 11.7 Å². The second-order valence-corrected chi connectivity index (χ2v) is 5.97. The Morgan fingerprint density at radius 3 is 2.20 bits per heavy atom. The van der Waals surface area contributed by atoms with Crippen LogP contribution in [0.15, 0.2) is 24.3 Å². The molecule has 1 aromatic carbocycles. The number of alkyl halides is 3. The molecule has 8 heteroatoms. The lowest BCUT2D eigenvalue weighted by Gasteiger charge is -2.21. The zero-order valence-corrected chi connectivity index (χ0v) is 14.7. The maximum atomic E-state index is 12.5. The highest BCUT2D eigenvalue weighted by Gasteiger charge is 2.29. The third-order valence-corrected chi connectivity index (χ3v) is 3.52. The maximum Gasteiger partial charge on any atom is 0.416 e. The summed E-state index contributed by atoms with van der Waals surface area (Å²) in [5.74, 6) is -0.454. The zero-order valence-electron chi connectivity index (χ0n) is 14.7. The summed E-state index contributed by atoms with van der Waals surface area (Å²) >= 11 is 0. The molecule has 1 aromatic rings. The Hall–Kier alpha value is -2.09. The van der Waals surface area contributed by atoms with E-state index in [2.05, 4.69) is 5.32 Å². The van der Waals surface area contributed by atoms with Crippen molar-refractivity contribution in [1.29, 1.82) is 0 Å². The molecule has 0 aliphatic heterocycles. The van der Waals surface area contributed by atoms with Crippen LogP contribution in [0.4, 0.5) is 13.2 Å². The Morgan fingerprint density at radius 2 is 1.68 bits per heavy atom. The summed E-state index contributed by atoms with van der Waals surface area (Å²) in [6.45, 7) is 2.88. The Balaban J connectivity index is 2.48. The van der Waals surface area contributed by atoms with Gasteiger partial charge in [0.25, 0.3) is 0 Å². The normalized spacial score (nSPS) is 11.5. The molecular weight excluding hydrogens is 335 g/mol. The minimum atomic E-state index is -4.36. The average molecular weight is 359 g/mol. The minimum Gasteiger partial charge on any atom is -0.355 e. The van der Waals surface area contributed by atoms with Crippen LogP contribution in [0, 0.1) is 0 Å². The highest BCUT2D eigenvalue weighted by atomic mass is 19.4. The Bertz CT molecular complexity index is 573. The van der Waals surface area contributed by atoms with Crippen molar-refractivity contribution in [2.24, 2.45) is 0 Å². The average Bonchev–Trinajstić information content (AvgIpc) is 2.52. The molecule has 0 saturated heterocycles. The van der Waals surface area contributed by atoms with E-state index in [1.165, 1.54) is 17.0 Å². The number of halogens is 3. The molecule has 0 unspecified atom stereocenters. The van der Waals surface area contributed by atoms with Gasteiger partial charge in [-0.1, -0.05) is 19.1 Å². The summed E-state index contributed by atoms with van der Waals surface area (Å²) in [6.07, 6.45) is -3.54. The number of benzene rings is 1. The fraction of sp³-hybridized carbons (Fsp3) is 0.529. The first kappa shape index (κ1) is 21.0. The molecule has 0 saturated carbocycles. The van der Waals surface area contributed by atoms with Gasteiger partial charge in [0.2, 0.25) is 11.8 Å². The summed E-state index contributed by atoms with van der Waals surface area (Å²) < 4.78 is 37.6. The quantitative estimate of drug-likeness (QED) is 0.774. The van der Waals surface area contributed by atoms with E-state index in [4.69, 9.17) is 0 Å². The number of carbonyl (C=O) groups excluding carboxylic acids is 2. The second-order valence-electron chi connectivity index (χ2n) is 5.97. The largest absolute Gasteiger partial charge is 0.416 e. The Kier molecular flexibility index (Phi) is 7.89. The smallest absolute Gasteiger partial charge is 0.355 e. The SMILES string of the molecule is CCCNC(=O)CN(C)C(=O)CN(C)Cc1ccc(C(F)(F)F)cc1. The predicted molar refractivity (Wildman–Crippen MR) is 88.7 cm³/mol. The number of likely N-dealkylation sites (N-methyl/N-ethyl adjacent to an activating group) is 2. The lowest BCUT2D eigenvalue weighted by atomic mass is 10.1. The van der Waals surface area contributed by atoms with E-state index in [1.54, 1.807) is 19.0 Å². The highest BCUT2D eigenvalue weighted by Crippen LogP contribution is 2.29. The first-order valence-electron chi connectivity index (χ1n) is 7.98. The van der Waals surface area contributed by atoms with E-state index in [9.17, 15) is 22.8 Å². The molecule has 0 aliphatic carbocycles. The van der Waals surface area contributed by atoms with Gasteiger partial charge in [0.05, 0.1) is 18.7 Å². The molecule has 0 bridgehead atoms. The van der Waals surface area contributed by atoms with Crippen LogP contribution in [0.5, 0.6) is 0 Å². The van der Waals surface area contributed by atoms with Crippen LogP contribution < -0.4 is 5.32 Å². The summed E-state index contributed by atoms with van der Waals surface area (Å²) in [6, 6.07) is 4.84. The van der Waals surface area contributed by atoms with Crippen molar-refractivity contribution >= 4 is 11.8 Å². The van der Waals surface area contributed by atoms with Gasteiger partial charge < -0.3 is 10.2 Å². The van der Waals surface area contributed by atoms with Gasteiger partial charge in [0.1, 0.15) is 0 Å². The Labute approximate surface area is 145 Å². The topological polar surface area (TPSA) is 52.7 Å². The van der Waals surface area contributed by atoms with Crippen LogP contribution >= 0.6 is 0 Å². The molecule has 0 atom stereocenters. The maximum absolute atomic E-state index is 12.5. The van der Waals surface area contributed by atoms with Gasteiger partial charge in [-0.3, -0.25) is 14.5 Å². The van der Waals surface area contributed by atoms with Crippen LogP contribution in [0.1, 0.15) is 24.5 Å². The van der Waals surface area contributed by atoms with Gasteiger partial charge in [-0.15, -0.1) is 0 Å². The lowest BCUT2D eigenvalue weighted by molar-refractivity contribution is -0.137. The molecule has 0 fully saturated rings. The zero-order chi connectivity index (χ0) is 19.0. The van der Waals surface area contributed by atoms with Gasteiger partial charge in [-0.25, -0.2) is 0 Å². The van der Waals surface area contributed by atoms with Crippen molar-refractivity contribution in [3.63, 3.8) is 0 Å². The van der Waals surface area contributed by atoms with E-state index in [1.807, 2.05) is 6.92 Å². The number of nitrogens with zero attached hydrogens (tertiary/aromatic N) is 2. The summed E-state index contributed by atoms with van der Waals surface area (Å²) in [7, 11) is 3.24. The number of amides is 2. The minimum absolute atomic E-state index is 0.0209. The molecule has 25 heavy (non-hydrogen) atoms. The van der Waals surface area contributed by atoms with Crippen molar-refractivity contribution < 1.29 is 22.8 Å². The number of nitrogens with one attached hydrogen (secondary N) is 1. The van der Waals surface area contributed by atoms with E-state index in [0.29, 0.717) is 18.7 Å². The van der Waals surface area contributed by atoms with Gasteiger partial charge in [0.15, 0.2) is 0 Å². The van der Waals surface area contributed by atoms with Crippen LogP contribution in [0.2, 0.25) is 0 Å². The standard InChI is InChI=1S/C17H24F3N3O2/c1-4-9-21-15(24)11-23(3)16(25)12-22(2)10-13-5-7-14(8-6-13)17(18,19)20/h5-8H,4,9-12H2,1-3H3,(H,21,24). The molecule has 5 nitrogen and oxygen atoms in total. The molecule has 140 valence electrons. The molecule has 2 amide bonds. The molecule has 0 heterocycles. The van der Waals surface area contributed by atoms with Crippen LogP contribution in [0.25, 0.3) is 0 Å². The third kappa shape index (κ3) is 7.55. The molecule has 0 aromatic heterocycles. The number of carbonyl (C=O) groups is 2. The van der Waals surface area contributed by atoms with Gasteiger partial charge in [0, 0.05) is 20.1 Å². The van der Waals surface area contributed by atoms with Crippen molar-refractivity contribution in [3.8, 4) is 0 Å². The van der Waals surface area contributed by atoms with E-state index >= 15 is 0 Å². The Morgan fingerprint density at radius 1 is 1.08 bits per heavy atom. The van der Waals surface area contributed by atoms with Crippen molar-refractivity contribution in [3.05, 3.63) is 35.4 Å². The van der Waals surface area contributed by atoms with Crippen molar-refractivity contribution in [1.82, 2.24) is 15.1 Å². The molecule has 1 N–H and O–H groups in total. The number of rotatable bonds is 8. The second kappa shape index (κ2) is 9.41. The van der Waals surface area contributed by atoms with Gasteiger partial charge in [-0.2, -0.15) is 13.2 Å². The molecule has 0 spiro atoms.